The van der Waals surface area contributed by atoms with Crippen LogP contribution in [0.1, 0.15) is 72.1 Å². The summed E-state index contributed by atoms with van der Waals surface area (Å²) in [6, 6.07) is 4.97. The average molecular weight is 481 g/mol. The molecule has 1 aliphatic heterocycles. The van der Waals surface area contributed by atoms with E-state index in [4.69, 9.17) is 0 Å². The summed E-state index contributed by atoms with van der Waals surface area (Å²) in [5, 5.41) is 19.1. The maximum atomic E-state index is 9.64. The van der Waals surface area contributed by atoms with Crippen LogP contribution in [0.2, 0.25) is 13.3 Å². The second kappa shape index (κ2) is 11.2. The first-order valence-corrected chi connectivity index (χ1v) is 19.8. The SMILES string of the molecule is CCC[CH2][Sn]([CH2]CCC)([CH2]CCC)[CH]1SCC2CC(C#N)C(C#N)CC21. The fraction of sp³-hybridized carbons (Fsp3) is 0.909. The Balaban J connectivity index is 2.25. The third kappa shape index (κ3) is 5.14. The number of rotatable bonds is 10. The molecule has 0 aromatic heterocycles. The van der Waals surface area contributed by atoms with E-state index < -0.39 is 18.4 Å². The van der Waals surface area contributed by atoms with Crippen LogP contribution in [0.3, 0.4) is 0 Å². The summed E-state index contributed by atoms with van der Waals surface area (Å²) in [6.45, 7) is 7.06. The van der Waals surface area contributed by atoms with Gasteiger partial charge in [0.2, 0.25) is 0 Å². The Labute approximate surface area is 170 Å². The van der Waals surface area contributed by atoms with Crippen molar-refractivity contribution in [3.8, 4) is 12.1 Å². The second-order valence-electron chi connectivity index (χ2n) is 8.79. The number of hydrogen-bond donors (Lipinski definition) is 0. The zero-order valence-corrected chi connectivity index (χ0v) is 20.8. The Morgan fingerprint density at radius 3 is 1.81 bits per heavy atom. The van der Waals surface area contributed by atoms with Gasteiger partial charge < -0.3 is 0 Å². The van der Waals surface area contributed by atoms with Gasteiger partial charge in [-0.05, 0) is 0 Å². The van der Waals surface area contributed by atoms with Crippen LogP contribution >= 0.6 is 11.8 Å². The molecular weight excluding hydrogens is 443 g/mol. The van der Waals surface area contributed by atoms with Crippen LogP contribution in [-0.4, -0.2) is 27.4 Å². The topological polar surface area (TPSA) is 47.6 Å². The standard InChI is InChI=1S/C10H11N2S.3C4H9.Sn/c11-3-7-1-9-5-13-6-10(9)2-8(7)4-12;3*1-3-4-2;/h5,7-10H,1-2,6H2;3*1,3-4H2,2H3;. The van der Waals surface area contributed by atoms with Crippen molar-refractivity contribution in [1.82, 2.24) is 0 Å². The van der Waals surface area contributed by atoms with Crippen molar-refractivity contribution in [3.63, 3.8) is 0 Å². The van der Waals surface area contributed by atoms with E-state index in [2.05, 4.69) is 44.7 Å². The number of hydrogen-bond acceptors (Lipinski definition) is 3. The molecule has 2 rings (SSSR count). The van der Waals surface area contributed by atoms with Crippen molar-refractivity contribution in [3.05, 3.63) is 0 Å². The molecule has 26 heavy (non-hydrogen) atoms. The van der Waals surface area contributed by atoms with Crippen LogP contribution < -0.4 is 0 Å². The van der Waals surface area contributed by atoms with Crippen molar-refractivity contribution < 1.29 is 0 Å². The summed E-state index contributed by atoms with van der Waals surface area (Å²) in [6.07, 6.45) is 10.3. The van der Waals surface area contributed by atoms with Crippen LogP contribution in [0, 0.1) is 46.3 Å². The van der Waals surface area contributed by atoms with Gasteiger partial charge in [-0.25, -0.2) is 0 Å². The summed E-state index contributed by atoms with van der Waals surface area (Å²) in [7, 11) is 0. The molecule has 5 atom stereocenters. The number of nitrogens with zero attached hydrogens (tertiary/aromatic N) is 2. The Hall–Kier alpha value is 0.129. The zero-order valence-electron chi connectivity index (χ0n) is 17.2. The van der Waals surface area contributed by atoms with E-state index in [-0.39, 0.29) is 11.8 Å². The van der Waals surface area contributed by atoms with Gasteiger partial charge in [-0.1, -0.05) is 0 Å². The second-order valence-corrected chi connectivity index (χ2v) is 25.0. The molecule has 0 bridgehead atoms. The molecule has 0 aromatic rings. The zero-order chi connectivity index (χ0) is 19.0. The number of thioether (sulfide) groups is 1. The Morgan fingerprint density at radius 1 is 0.846 bits per heavy atom. The van der Waals surface area contributed by atoms with E-state index in [1.165, 1.54) is 44.3 Å². The molecule has 1 saturated heterocycles. The Kier molecular flexibility index (Phi) is 9.66. The molecule has 0 aromatic carbocycles. The molecule has 4 heteroatoms. The van der Waals surface area contributed by atoms with Crippen molar-refractivity contribution in [2.24, 2.45) is 23.7 Å². The van der Waals surface area contributed by atoms with Gasteiger partial charge in [0.05, 0.1) is 0 Å². The van der Waals surface area contributed by atoms with Gasteiger partial charge in [-0.15, -0.1) is 0 Å². The van der Waals surface area contributed by atoms with Gasteiger partial charge in [0.15, 0.2) is 0 Å². The van der Waals surface area contributed by atoms with Crippen molar-refractivity contribution >= 4 is 30.1 Å². The molecule has 0 radical (unpaired) electrons. The van der Waals surface area contributed by atoms with Crippen LogP contribution in [0.15, 0.2) is 0 Å². The third-order valence-corrected chi connectivity index (χ3v) is 29.4. The molecule has 2 nitrogen and oxygen atoms in total. The van der Waals surface area contributed by atoms with Gasteiger partial charge in [0.1, 0.15) is 0 Å². The van der Waals surface area contributed by atoms with Crippen LogP contribution in [-0.2, 0) is 0 Å². The first-order chi connectivity index (χ1) is 12.7. The maximum absolute atomic E-state index is 9.64. The number of nitriles is 2. The monoisotopic (exact) mass is 482 g/mol. The fourth-order valence-electron chi connectivity index (χ4n) is 5.53. The molecule has 0 amide bonds. The van der Waals surface area contributed by atoms with Crippen LogP contribution in [0.4, 0.5) is 0 Å². The van der Waals surface area contributed by atoms with E-state index in [1.807, 2.05) is 0 Å². The number of fused-ring (bicyclic) bond motifs is 1. The Morgan fingerprint density at radius 2 is 1.35 bits per heavy atom. The third-order valence-electron chi connectivity index (χ3n) is 7.07. The van der Waals surface area contributed by atoms with Gasteiger partial charge in [-0.2, -0.15) is 0 Å². The first-order valence-electron chi connectivity index (χ1n) is 11.1. The van der Waals surface area contributed by atoms with E-state index in [0.29, 0.717) is 0 Å². The van der Waals surface area contributed by atoms with E-state index in [1.54, 1.807) is 13.3 Å². The molecule has 5 unspecified atom stereocenters. The molecule has 1 aliphatic carbocycles. The summed E-state index contributed by atoms with van der Waals surface area (Å²) >= 11 is 0.0457. The van der Waals surface area contributed by atoms with Gasteiger partial charge in [0.25, 0.3) is 0 Å². The Bertz CT molecular complexity index is 487. The first kappa shape index (κ1) is 22.4. The molecular formula is C22H38N2SSn. The van der Waals surface area contributed by atoms with E-state index in [9.17, 15) is 10.5 Å². The average Bonchev–Trinajstić information content (AvgIpc) is 3.10. The molecule has 146 valence electrons. The molecule has 2 fully saturated rings. The molecule has 0 spiro atoms. The van der Waals surface area contributed by atoms with Crippen molar-refractivity contribution in [2.75, 3.05) is 5.75 Å². The predicted molar refractivity (Wildman–Crippen MR) is 116 cm³/mol. The fourth-order valence-corrected chi connectivity index (χ4v) is 30.9. The molecule has 2 aliphatic rings. The summed E-state index contributed by atoms with van der Waals surface area (Å²) < 4.78 is 5.65. The van der Waals surface area contributed by atoms with Gasteiger partial charge in [0, 0.05) is 0 Å². The van der Waals surface area contributed by atoms with Gasteiger partial charge in [-0.3, -0.25) is 0 Å². The van der Waals surface area contributed by atoms with Crippen LogP contribution in [0.25, 0.3) is 0 Å². The van der Waals surface area contributed by atoms with Gasteiger partial charge >= 0.3 is 171 Å². The normalized spacial score (nSPS) is 31.2. The molecule has 1 heterocycles. The summed E-state index contributed by atoms with van der Waals surface area (Å²) in [4.78, 5) is 0. The quantitative estimate of drug-likeness (QED) is 0.323. The van der Waals surface area contributed by atoms with Crippen molar-refractivity contribution in [2.45, 2.75) is 88.7 Å². The number of unbranched alkanes of at least 4 members (excludes halogenated alkanes) is 3. The van der Waals surface area contributed by atoms with Crippen molar-refractivity contribution in [1.29, 1.82) is 10.5 Å². The van der Waals surface area contributed by atoms with E-state index >= 15 is 0 Å². The molecule has 1 saturated carbocycles. The summed E-state index contributed by atoms with van der Waals surface area (Å²) in [5.41, 5.74) is 0. The summed E-state index contributed by atoms with van der Waals surface area (Å²) in [5.74, 6) is 2.74. The van der Waals surface area contributed by atoms with Crippen LogP contribution in [0.5, 0.6) is 0 Å². The molecule has 0 N–H and O–H groups in total. The minimum atomic E-state index is -2.26. The minimum absolute atomic E-state index is 0.00466. The van der Waals surface area contributed by atoms with E-state index in [0.717, 1.165) is 27.9 Å². The predicted octanol–water partition coefficient (Wildman–Crippen LogP) is 6.80.